The summed E-state index contributed by atoms with van der Waals surface area (Å²) in [6.45, 7) is 0. The van der Waals surface area contributed by atoms with Crippen LogP contribution >= 0.6 is 0 Å². The van der Waals surface area contributed by atoms with E-state index in [9.17, 15) is 0 Å². The van der Waals surface area contributed by atoms with E-state index in [1.165, 1.54) is 32.8 Å². The minimum atomic E-state index is 0. The summed E-state index contributed by atoms with van der Waals surface area (Å²) in [5.41, 5.74) is 31.9. The smallest absolute Gasteiger partial charge is 0.367 e. The van der Waals surface area contributed by atoms with Crippen LogP contribution < -0.4 is 0 Å². The molecule has 0 unspecified atom stereocenters. The molecular formula is C114H77N15Pt3. The molecule has 26 rings (SSSR count). The number of fused-ring (bicyclic) bond motifs is 15. The molecule has 0 aliphatic heterocycles. The summed E-state index contributed by atoms with van der Waals surface area (Å²) in [5, 5.41) is 6.94. The first-order valence-electron chi connectivity index (χ1n) is 43.1. The second-order valence-corrected chi connectivity index (χ2v) is 32.8. The van der Waals surface area contributed by atoms with Crippen LogP contribution in [0.3, 0.4) is 0 Å². The number of benzene rings is 17. The molecule has 26 aromatic rings. The van der Waals surface area contributed by atoms with Crippen molar-refractivity contribution < 1.29 is 63.2 Å². The monoisotopic (exact) mass is 2240 g/mol. The zero-order valence-electron chi connectivity index (χ0n) is 72.2. The van der Waals surface area contributed by atoms with Gasteiger partial charge in [-0.25, -0.2) is 0 Å². The van der Waals surface area contributed by atoms with Crippen molar-refractivity contribution in [3.63, 3.8) is 0 Å². The molecule has 0 aliphatic rings. The maximum Gasteiger partial charge on any atom is 2.00 e. The van der Waals surface area contributed by atoms with Gasteiger partial charge in [-0.15, -0.1) is 161 Å². The molecule has 132 heavy (non-hydrogen) atoms. The van der Waals surface area contributed by atoms with Crippen molar-refractivity contribution in [2.75, 3.05) is 0 Å². The summed E-state index contributed by atoms with van der Waals surface area (Å²) in [6.07, 6.45) is 0. The molecule has 0 saturated carbocycles. The van der Waals surface area contributed by atoms with Crippen LogP contribution in [0.2, 0.25) is 0 Å². The largest absolute Gasteiger partial charge is 2.00 e. The van der Waals surface area contributed by atoms with E-state index in [0.29, 0.717) is 0 Å². The molecule has 0 amide bonds. The maximum absolute atomic E-state index is 5.12. The van der Waals surface area contributed by atoms with E-state index in [4.69, 9.17) is 29.9 Å². The molecule has 0 atom stereocenters. The molecule has 638 valence electrons. The third kappa shape index (κ3) is 14.1. The first kappa shape index (κ1) is 83.9. The molecule has 0 N–H and O–H groups in total. The van der Waals surface area contributed by atoms with Crippen molar-refractivity contribution in [2.45, 2.75) is 0 Å². The van der Waals surface area contributed by atoms with Crippen LogP contribution in [0.5, 0.6) is 0 Å². The van der Waals surface area contributed by atoms with E-state index >= 15 is 0 Å². The molecule has 0 fully saturated rings. The number of hydrogen-bond acceptors (Lipinski definition) is 6. The Balaban J connectivity index is 0.000000118. The Labute approximate surface area is 803 Å². The van der Waals surface area contributed by atoms with Crippen LogP contribution in [0.4, 0.5) is 0 Å². The van der Waals surface area contributed by atoms with Crippen molar-refractivity contribution in [3.8, 4) is 108 Å². The second kappa shape index (κ2) is 34.1. The second-order valence-electron chi connectivity index (χ2n) is 32.8. The Morgan fingerprint density at radius 3 is 0.833 bits per heavy atom. The van der Waals surface area contributed by atoms with E-state index < -0.39 is 0 Å². The first-order chi connectivity index (χ1) is 63.5. The number of hydrogen-bond donors (Lipinski definition) is 0. The van der Waals surface area contributed by atoms with Crippen LogP contribution in [-0.4, -0.2) is 71.0 Å². The standard InChI is InChI=1S/2C40H27N5.C34H23N5.3Pt/c1-43-36-21-9-7-18-33(36)41-39(43)27-14-10-15-29(24-27)45-35-20-8-6-16-31(35)32-23-22-28(25-37(32)45)40-42-34-19-11-17-30(38(34)44(40)2)26-12-4-3-5-13-26;1-43-36-17-8-6-15-33(36)41-39(43)28-13-10-14-30(23-28)45-35-22-20-27(26-11-4-3-5-12-26)24-32(35)31-21-19-29(25-38(31)45)40-42-34-16-7-9-18-37(34)44(40)2;1-37-30-16-7-4-13-27(30)35-33(37)22-10-9-11-24(20-22)39-29-15-6-3-12-25(29)26-19-18-23(21-32(26)39)34-36-28-14-5-8-17-31(28)38(34)2;;;/h3-23H,1-2H3;3-22,24H,1-2H3;3-19H,1-2H3;;;/q3*-2;3*+2. The summed E-state index contributed by atoms with van der Waals surface area (Å²) in [4.78, 5) is 29.9. The molecule has 0 radical (unpaired) electrons. The van der Waals surface area contributed by atoms with Gasteiger partial charge in [-0.2, -0.15) is 0 Å². The Morgan fingerprint density at radius 2 is 0.470 bits per heavy atom. The van der Waals surface area contributed by atoms with E-state index in [0.717, 1.165) is 206 Å². The van der Waals surface area contributed by atoms with E-state index in [-0.39, 0.29) is 63.2 Å². The van der Waals surface area contributed by atoms with Crippen molar-refractivity contribution in [1.82, 2.24) is 71.0 Å². The van der Waals surface area contributed by atoms with Crippen LogP contribution in [0.25, 0.3) is 239 Å². The number of para-hydroxylation sites is 13. The molecule has 9 aromatic heterocycles. The van der Waals surface area contributed by atoms with Crippen LogP contribution in [0.15, 0.2) is 358 Å². The minimum absolute atomic E-state index is 0. The molecule has 17 aromatic carbocycles. The summed E-state index contributed by atoms with van der Waals surface area (Å²) in [7, 11) is 12.4. The molecule has 9 heterocycles. The average molecular weight is 2240 g/mol. The van der Waals surface area contributed by atoms with Crippen molar-refractivity contribution in [1.29, 1.82) is 0 Å². The average Bonchev–Trinajstić information content (AvgIpc) is 1.59. The fraction of sp³-hybridized carbons (Fsp3) is 0.0526. The van der Waals surface area contributed by atoms with Crippen molar-refractivity contribution in [2.24, 2.45) is 42.3 Å². The van der Waals surface area contributed by atoms with Crippen molar-refractivity contribution in [3.05, 3.63) is 394 Å². The van der Waals surface area contributed by atoms with Crippen LogP contribution in [0.1, 0.15) is 0 Å². The number of rotatable bonds is 11. The molecular weight excluding hydrogens is 2160 g/mol. The van der Waals surface area contributed by atoms with Gasteiger partial charge in [0.25, 0.3) is 0 Å². The fourth-order valence-corrected chi connectivity index (χ4v) is 19.1. The molecule has 0 saturated heterocycles. The Morgan fingerprint density at radius 1 is 0.189 bits per heavy atom. The maximum atomic E-state index is 5.12. The summed E-state index contributed by atoms with van der Waals surface area (Å²) in [6, 6.07) is 147. The molecule has 0 spiro atoms. The van der Waals surface area contributed by atoms with Crippen molar-refractivity contribution >= 4 is 132 Å². The first-order valence-corrected chi connectivity index (χ1v) is 43.1. The summed E-state index contributed by atoms with van der Waals surface area (Å²) >= 11 is 0. The minimum Gasteiger partial charge on any atom is -0.367 e. The zero-order valence-corrected chi connectivity index (χ0v) is 79.0. The Bertz CT molecular complexity index is 9000. The van der Waals surface area contributed by atoms with Gasteiger partial charge in [0.05, 0.1) is 101 Å². The van der Waals surface area contributed by atoms with E-state index in [1.54, 1.807) is 0 Å². The fourth-order valence-electron chi connectivity index (χ4n) is 19.1. The molecule has 18 heteroatoms. The quantitative estimate of drug-likeness (QED) is 0.119. The van der Waals surface area contributed by atoms with Gasteiger partial charge in [0.2, 0.25) is 0 Å². The van der Waals surface area contributed by atoms with Gasteiger partial charge in [0.15, 0.2) is 0 Å². The van der Waals surface area contributed by atoms with Gasteiger partial charge in [-0.05, 0) is 151 Å². The topological polar surface area (TPSA) is 122 Å². The van der Waals surface area contributed by atoms with Crippen LogP contribution in [0, 0.1) is 36.4 Å². The molecule has 0 aliphatic carbocycles. The predicted molar refractivity (Wildman–Crippen MR) is 524 cm³/mol. The van der Waals surface area contributed by atoms with Gasteiger partial charge < -0.3 is 41.1 Å². The van der Waals surface area contributed by atoms with Gasteiger partial charge in [-0.1, -0.05) is 198 Å². The van der Waals surface area contributed by atoms with Gasteiger partial charge in [-0.3, -0.25) is 29.9 Å². The predicted octanol–water partition coefficient (Wildman–Crippen LogP) is 25.8. The molecule has 0 bridgehead atoms. The zero-order chi connectivity index (χ0) is 86.2. The molecule has 15 nitrogen and oxygen atoms in total. The third-order valence-corrected chi connectivity index (χ3v) is 25.4. The number of imidazole rings is 6. The number of nitrogens with zero attached hydrogens (tertiary/aromatic N) is 15. The van der Waals surface area contributed by atoms with E-state index in [1.807, 2.05) is 66.7 Å². The van der Waals surface area contributed by atoms with Gasteiger partial charge >= 0.3 is 63.2 Å². The normalized spacial score (nSPS) is 11.5. The number of aryl methyl sites for hydroxylation is 6. The Hall–Kier alpha value is -15.0. The number of aromatic nitrogens is 15. The van der Waals surface area contributed by atoms with E-state index in [2.05, 4.69) is 411 Å². The van der Waals surface area contributed by atoms with Gasteiger partial charge in [0.1, 0.15) is 0 Å². The Kier molecular flexibility index (Phi) is 21.7. The summed E-state index contributed by atoms with van der Waals surface area (Å²) < 4.78 is 19.7. The van der Waals surface area contributed by atoms with Crippen LogP contribution in [-0.2, 0) is 105 Å². The van der Waals surface area contributed by atoms with Gasteiger partial charge in [0, 0.05) is 64.4 Å². The SMILES string of the molecule is Cn1c(-c2[c-]c(-n3c4[c-]c(-c5nc6cccc(-c7ccccc7)c6n5C)ccc4c4ccccc43)ccc2)nc2ccccc21.Cn1c(-c2[c-]c(-n3c4[c-]c(-c5nc6ccccc6n5C)ccc4c4cc(-c5ccccc5)ccc43)ccc2)nc2ccccc21.Cn1c(-c2[c-]c(-n3c4[c-]c(-c5nc6ccccc6n5C)ccc4c4ccccc43)ccc2)nc2ccccc21.[Pt+2].[Pt+2].[Pt+2]. The third-order valence-electron chi connectivity index (χ3n) is 25.4. The summed E-state index contributed by atoms with van der Waals surface area (Å²) in [5.74, 6) is 5.32.